The Bertz CT molecular complexity index is 588. The summed E-state index contributed by atoms with van der Waals surface area (Å²) >= 11 is 0. The fourth-order valence-corrected chi connectivity index (χ4v) is 2.43. The van der Waals surface area contributed by atoms with Crippen LogP contribution >= 0.6 is 0 Å². The van der Waals surface area contributed by atoms with Crippen LogP contribution < -0.4 is 10.6 Å². The fourth-order valence-electron chi connectivity index (χ4n) is 2.43. The standard InChI is InChI=1S/C14H16N2O2/c1-9-2-3-13-10(6-9)11(8-18-13)12-7-14(17)16-5-4-15-12/h2-3,6,8,12,15H,4-5,7H2,1H3,(H,16,17). The summed E-state index contributed by atoms with van der Waals surface area (Å²) in [5, 5.41) is 7.35. The first-order valence-corrected chi connectivity index (χ1v) is 6.22. The third-order valence-corrected chi connectivity index (χ3v) is 3.36. The molecule has 1 aliphatic heterocycles. The van der Waals surface area contributed by atoms with E-state index in [1.54, 1.807) is 6.26 Å². The molecule has 0 saturated carbocycles. The van der Waals surface area contributed by atoms with Crippen molar-refractivity contribution in [2.24, 2.45) is 0 Å². The number of hydrogen-bond donors (Lipinski definition) is 2. The molecule has 2 N–H and O–H groups in total. The van der Waals surface area contributed by atoms with Gasteiger partial charge in [-0.25, -0.2) is 0 Å². The van der Waals surface area contributed by atoms with Gasteiger partial charge < -0.3 is 15.1 Å². The van der Waals surface area contributed by atoms with E-state index >= 15 is 0 Å². The van der Waals surface area contributed by atoms with Gasteiger partial charge >= 0.3 is 0 Å². The van der Waals surface area contributed by atoms with Crippen LogP contribution in [0.25, 0.3) is 11.0 Å². The summed E-state index contributed by atoms with van der Waals surface area (Å²) in [6.07, 6.45) is 2.23. The molecule has 1 saturated heterocycles. The summed E-state index contributed by atoms with van der Waals surface area (Å²) < 4.78 is 5.56. The van der Waals surface area contributed by atoms with Crippen LogP contribution in [0, 0.1) is 6.92 Å². The lowest BCUT2D eigenvalue weighted by atomic mass is 10.0. The quantitative estimate of drug-likeness (QED) is 0.805. The number of hydrogen-bond acceptors (Lipinski definition) is 3. The molecule has 1 atom stereocenters. The highest BCUT2D eigenvalue weighted by Crippen LogP contribution is 2.29. The molecule has 4 heteroatoms. The third kappa shape index (κ3) is 1.99. The molecule has 0 aliphatic carbocycles. The van der Waals surface area contributed by atoms with Crippen LogP contribution in [0.5, 0.6) is 0 Å². The molecule has 0 radical (unpaired) electrons. The Morgan fingerprint density at radius 2 is 2.22 bits per heavy atom. The van der Waals surface area contributed by atoms with Gasteiger partial charge in [0.2, 0.25) is 5.91 Å². The maximum absolute atomic E-state index is 11.6. The molecule has 0 spiro atoms. The van der Waals surface area contributed by atoms with E-state index in [1.807, 2.05) is 12.1 Å². The van der Waals surface area contributed by atoms with Gasteiger partial charge in [-0.15, -0.1) is 0 Å². The van der Waals surface area contributed by atoms with Crippen molar-refractivity contribution in [3.63, 3.8) is 0 Å². The van der Waals surface area contributed by atoms with E-state index < -0.39 is 0 Å². The van der Waals surface area contributed by atoms with Crippen molar-refractivity contribution in [2.75, 3.05) is 13.1 Å². The minimum Gasteiger partial charge on any atom is -0.464 e. The molecule has 1 fully saturated rings. The van der Waals surface area contributed by atoms with Crippen LogP contribution in [-0.2, 0) is 4.79 Å². The molecule has 4 nitrogen and oxygen atoms in total. The number of fused-ring (bicyclic) bond motifs is 1. The first-order chi connectivity index (χ1) is 8.74. The summed E-state index contributed by atoms with van der Waals surface area (Å²) in [6.45, 7) is 3.53. The molecular weight excluding hydrogens is 228 g/mol. The van der Waals surface area contributed by atoms with Crippen molar-refractivity contribution in [3.05, 3.63) is 35.6 Å². The van der Waals surface area contributed by atoms with Crippen molar-refractivity contribution in [1.82, 2.24) is 10.6 Å². The molecule has 94 valence electrons. The van der Waals surface area contributed by atoms with E-state index in [0.717, 1.165) is 23.1 Å². The summed E-state index contributed by atoms with van der Waals surface area (Å²) in [6, 6.07) is 6.16. The van der Waals surface area contributed by atoms with E-state index in [-0.39, 0.29) is 11.9 Å². The van der Waals surface area contributed by atoms with E-state index in [4.69, 9.17) is 4.42 Å². The lowest BCUT2D eigenvalue weighted by molar-refractivity contribution is -0.121. The number of carbonyl (C=O) groups is 1. The van der Waals surface area contributed by atoms with Gasteiger partial charge in [0.15, 0.2) is 0 Å². The Kier molecular flexibility index (Phi) is 2.80. The molecule has 2 heterocycles. The van der Waals surface area contributed by atoms with Gasteiger partial charge in [-0.1, -0.05) is 11.6 Å². The summed E-state index contributed by atoms with van der Waals surface area (Å²) in [7, 11) is 0. The number of carbonyl (C=O) groups excluding carboxylic acids is 1. The van der Waals surface area contributed by atoms with E-state index in [1.165, 1.54) is 5.56 Å². The van der Waals surface area contributed by atoms with Crippen LogP contribution in [0.1, 0.15) is 23.6 Å². The summed E-state index contributed by atoms with van der Waals surface area (Å²) in [4.78, 5) is 11.6. The topological polar surface area (TPSA) is 54.3 Å². The molecule has 3 rings (SSSR count). The zero-order valence-electron chi connectivity index (χ0n) is 10.3. The average molecular weight is 244 g/mol. The average Bonchev–Trinajstić information content (AvgIpc) is 2.64. The molecule has 2 aromatic rings. The maximum atomic E-state index is 11.6. The molecule has 1 amide bonds. The Labute approximate surface area is 105 Å². The van der Waals surface area contributed by atoms with E-state index in [2.05, 4.69) is 23.6 Å². The van der Waals surface area contributed by atoms with Gasteiger partial charge in [0.05, 0.1) is 6.26 Å². The predicted molar refractivity (Wildman–Crippen MR) is 69.3 cm³/mol. The SMILES string of the molecule is Cc1ccc2occ(C3CC(=O)NCCN3)c2c1. The zero-order chi connectivity index (χ0) is 12.5. The largest absolute Gasteiger partial charge is 0.464 e. The van der Waals surface area contributed by atoms with Crippen molar-refractivity contribution >= 4 is 16.9 Å². The highest BCUT2D eigenvalue weighted by Gasteiger charge is 2.21. The summed E-state index contributed by atoms with van der Waals surface area (Å²) in [5.74, 6) is 0.0898. The van der Waals surface area contributed by atoms with Crippen molar-refractivity contribution in [3.8, 4) is 0 Å². The first-order valence-electron chi connectivity index (χ1n) is 6.22. The number of nitrogens with one attached hydrogen (secondary N) is 2. The monoisotopic (exact) mass is 244 g/mol. The third-order valence-electron chi connectivity index (χ3n) is 3.36. The lowest BCUT2D eigenvalue weighted by Gasteiger charge is -2.12. The molecule has 1 aliphatic rings. The Hall–Kier alpha value is -1.81. The highest BCUT2D eigenvalue weighted by molar-refractivity contribution is 5.84. The molecule has 1 aromatic carbocycles. The molecule has 1 unspecified atom stereocenters. The normalized spacial score (nSPS) is 20.7. The van der Waals surface area contributed by atoms with Gasteiger partial charge in [-0.3, -0.25) is 4.79 Å². The van der Waals surface area contributed by atoms with Crippen LogP contribution in [0.2, 0.25) is 0 Å². The van der Waals surface area contributed by atoms with E-state index in [0.29, 0.717) is 13.0 Å². The van der Waals surface area contributed by atoms with Gasteiger partial charge in [0.25, 0.3) is 0 Å². The Balaban J connectivity index is 2.02. The molecule has 1 aromatic heterocycles. The number of furan rings is 1. The second-order valence-corrected chi connectivity index (χ2v) is 4.75. The van der Waals surface area contributed by atoms with Crippen LogP contribution in [-0.4, -0.2) is 19.0 Å². The minimum atomic E-state index is 0.0375. The Morgan fingerprint density at radius 1 is 1.33 bits per heavy atom. The van der Waals surface area contributed by atoms with E-state index in [9.17, 15) is 4.79 Å². The molecule has 0 bridgehead atoms. The second-order valence-electron chi connectivity index (χ2n) is 4.75. The van der Waals surface area contributed by atoms with Crippen LogP contribution in [0.15, 0.2) is 28.9 Å². The number of aryl methyl sites for hydroxylation is 1. The zero-order valence-corrected chi connectivity index (χ0v) is 10.3. The van der Waals surface area contributed by atoms with Crippen molar-refractivity contribution < 1.29 is 9.21 Å². The van der Waals surface area contributed by atoms with Crippen LogP contribution in [0.4, 0.5) is 0 Å². The first kappa shape index (κ1) is 11.3. The number of rotatable bonds is 1. The lowest BCUT2D eigenvalue weighted by Crippen LogP contribution is -2.24. The number of amides is 1. The van der Waals surface area contributed by atoms with Crippen molar-refractivity contribution in [1.29, 1.82) is 0 Å². The van der Waals surface area contributed by atoms with Gasteiger partial charge in [0, 0.05) is 36.5 Å². The predicted octanol–water partition coefficient (Wildman–Crippen LogP) is 1.89. The second kappa shape index (κ2) is 4.46. The van der Waals surface area contributed by atoms with Gasteiger partial charge in [0.1, 0.15) is 5.58 Å². The fraction of sp³-hybridized carbons (Fsp3) is 0.357. The van der Waals surface area contributed by atoms with Gasteiger partial charge in [-0.05, 0) is 19.1 Å². The van der Waals surface area contributed by atoms with Crippen molar-refractivity contribution in [2.45, 2.75) is 19.4 Å². The minimum absolute atomic E-state index is 0.0375. The molecular formula is C14H16N2O2. The van der Waals surface area contributed by atoms with Gasteiger partial charge in [-0.2, -0.15) is 0 Å². The smallest absolute Gasteiger partial charge is 0.221 e. The highest BCUT2D eigenvalue weighted by atomic mass is 16.3. The maximum Gasteiger partial charge on any atom is 0.221 e. The van der Waals surface area contributed by atoms with Crippen LogP contribution in [0.3, 0.4) is 0 Å². The summed E-state index contributed by atoms with van der Waals surface area (Å²) in [5.41, 5.74) is 3.15. The number of benzene rings is 1. The Morgan fingerprint density at radius 3 is 3.11 bits per heavy atom. The molecule has 18 heavy (non-hydrogen) atoms.